The highest BCUT2D eigenvalue weighted by Crippen LogP contribution is 2.28. The van der Waals surface area contributed by atoms with Crippen LogP contribution in [0.25, 0.3) is 0 Å². The predicted molar refractivity (Wildman–Crippen MR) is 116 cm³/mol. The van der Waals surface area contributed by atoms with Gasteiger partial charge in [-0.2, -0.15) is 0 Å². The molecule has 0 saturated carbocycles. The third kappa shape index (κ3) is 5.60. The van der Waals surface area contributed by atoms with Crippen LogP contribution in [-0.2, 0) is 6.42 Å². The van der Waals surface area contributed by atoms with Crippen molar-refractivity contribution in [1.29, 1.82) is 0 Å². The largest absolute Gasteiger partial charge is 0.487 e. The third-order valence-corrected chi connectivity index (χ3v) is 4.52. The van der Waals surface area contributed by atoms with Crippen LogP contribution in [-0.4, -0.2) is 22.5 Å². The summed E-state index contributed by atoms with van der Waals surface area (Å²) >= 11 is 7.43. The van der Waals surface area contributed by atoms with Crippen molar-refractivity contribution in [1.82, 2.24) is 5.32 Å². The van der Waals surface area contributed by atoms with Crippen LogP contribution in [0.1, 0.15) is 29.8 Å². The first-order chi connectivity index (χ1) is 12.8. The number of aryl methyl sites for hydroxylation is 1. The lowest BCUT2D eigenvalue weighted by atomic mass is 10.1. The van der Waals surface area contributed by atoms with Crippen molar-refractivity contribution in [2.24, 2.45) is 0 Å². The van der Waals surface area contributed by atoms with E-state index in [1.54, 1.807) is 6.92 Å². The van der Waals surface area contributed by atoms with Gasteiger partial charge >= 0.3 is 5.69 Å². The van der Waals surface area contributed by atoms with Gasteiger partial charge in [0.1, 0.15) is 0 Å². The molecule has 0 aliphatic rings. The number of nitrogens with one attached hydrogen (secondary N) is 2. The standard InChI is InChI=1S/C18H18IN3O4S/c1-3-11-9-13(19)6-7-14(11)20-18(27)21-17(23)12-5-8-16(26-4-2)15(10-12)22(24)25/h5-10H,3-4H2,1-2H3,(H2,20,21,23,27). The third-order valence-electron chi connectivity index (χ3n) is 3.64. The number of hydrogen-bond donors (Lipinski definition) is 2. The molecule has 27 heavy (non-hydrogen) atoms. The van der Waals surface area contributed by atoms with Gasteiger partial charge in [-0.3, -0.25) is 20.2 Å². The predicted octanol–water partition coefficient (Wildman–Crippen LogP) is 4.29. The fourth-order valence-corrected chi connectivity index (χ4v) is 3.14. The van der Waals surface area contributed by atoms with E-state index in [1.807, 2.05) is 25.1 Å². The SMILES string of the molecule is CCOc1ccc(C(=O)NC(=S)Nc2ccc(I)cc2CC)cc1[N+](=O)[O-]. The van der Waals surface area contributed by atoms with Gasteiger partial charge in [-0.15, -0.1) is 0 Å². The fourth-order valence-electron chi connectivity index (χ4n) is 2.38. The Hall–Kier alpha value is -2.27. The summed E-state index contributed by atoms with van der Waals surface area (Å²) in [4.78, 5) is 23.0. The molecule has 0 atom stereocenters. The summed E-state index contributed by atoms with van der Waals surface area (Å²) in [6.45, 7) is 4.04. The number of rotatable bonds is 6. The van der Waals surface area contributed by atoms with Crippen molar-refractivity contribution < 1.29 is 14.5 Å². The Morgan fingerprint density at radius 2 is 2.00 bits per heavy atom. The zero-order chi connectivity index (χ0) is 20.0. The number of thiocarbonyl (C=S) groups is 1. The smallest absolute Gasteiger partial charge is 0.311 e. The zero-order valence-electron chi connectivity index (χ0n) is 14.7. The van der Waals surface area contributed by atoms with Crippen molar-refractivity contribution >= 4 is 57.2 Å². The Balaban J connectivity index is 2.14. The number of ether oxygens (including phenoxy) is 1. The number of carbonyl (C=O) groups excluding carboxylic acids is 1. The average Bonchev–Trinajstić information content (AvgIpc) is 2.63. The normalized spacial score (nSPS) is 10.2. The summed E-state index contributed by atoms with van der Waals surface area (Å²) < 4.78 is 6.32. The van der Waals surface area contributed by atoms with Crippen LogP contribution >= 0.6 is 34.8 Å². The minimum absolute atomic E-state index is 0.117. The molecule has 2 rings (SSSR count). The van der Waals surface area contributed by atoms with Gasteiger partial charge in [0.15, 0.2) is 10.9 Å². The molecule has 0 aromatic heterocycles. The lowest BCUT2D eigenvalue weighted by Crippen LogP contribution is -2.34. The summed E-state index contributed by atoms with van der Waals surface area (Å²) in [6, 6.07) is 9.89. The van der Waals surface area contributed by atoms with Gasteiger partial charge in [-0.05, 0) is 84.0 Å². The molecule has 0 radical (unpaired) electrons. The number of nitrogens with zero attached hydrogens (tertiary/aromatic N) is 1. The molecule has 2 N–H and O–H groups in total. The number of benzene rings is 2. The molecule has 9 heteroatoms. The van der Waals surface area contributed by atoms with Crippen LogP contribution in [0.15, 0.2) is 36.4 Å². The van der Waals surface area contributed by atoms with Crippen molar-refractivity contribution in [3.8, 4) is 5.75 Å². The number of halogens is 1. The minimum atomic E-state index is -0.586. The van der Waals surface area contributed by atoms with Crippen LogP contribution in [0, 0.1) is 13.7 Å². The van der Waals surface area contributed by atoms with E-state index in [2.05, 4.69) is 33.2 Å². The minimum Gasteiger partial charge on any atom is -0.487 e. The van der Waals surface area contributed by atoms with Crippen LogP contribution in [0.2, 0.25) is 0 Å². The van der Waals surface area contributed by atoms with Gasteiger partial charge < -0.3 is 10.1 Å². The molecule has 0 unspecified atom stereocenters. The van der Waals surface area contributed by atoms with Crippen LogP contribution in [0.3, 0.4) is 0 Å². The van der Waals surface area contributed by atoms with Crippen molar-refractivity contribution in [2.45, 2.75) is 20.3 Å². The van der Waals surface area contributed by atoms with Gasteiger partial charge in [0.25, 0.3) is 5.91 Å². The first kappa shape index (κ1) is 21.0. The molecule has 2 aromatic carbocycles. The van der Waals surface area contributed by atoms with Gasteiger partial charge in [-0.25, -0.2) is 0 Å². The Labute approximate surface area is 175 Å². The van der Waals surface area contributed by atoms with E-state index >= 15 is 0 Å². The summed E-state index contributed by atoms with van der Waals surface area (Å²) in [6.07, 6.45) is 0.806. The van der Waals surface area contributed by atoms with E-state index in [4.69, 9.17) is 17.0 Å². The first-order valence-corrected chi connectivity index (χ1v) is 9.66. The van der Waals surface area contributed by atoms with Gasteiger partial charge in [0, 0.05) is 20.9 Å². The van der Waals surface area contributed by atoms with Crippen molar-refractivity contribution in [2.75, 3.05) is 11.9 Å². The topological polar surface area (TPSA) is 93.5 Å². The van der Waals surface area contributed by atoms with E-state index in [1.165, 1.54) is 18.2 Å². The molecule has 2 aromatic rings. The quantitative estimate of drug-likeness (QED) is 0.267. The number of amides is 1. The average molecular weight is 499 g/mol. The number of carbonyl (C=O) groups is 1. The van der Waals surface area contributed by atoms with Crippen LogP contribution in [0.5, 0.6) is 5.75 Å². The van der Waals surface area contributed by atoms with Gasteiger partial charge in [-0.1, -0.05) is 6.92 Å². The fraction of sp³-hybridized carbons (Fsp3) is 0.222. The van der Waals surface area contributed by atoms with Gasteiger partial charge in [0.2, 0.25) is 0 Å². The molecule has 0 aliphatic heterocycles. The summed E-state index contributed by atoms with van der Waals surface area (Å²) in [5.41, 5.74) is 1.72. The maximum atomic E-state index is 12.4. The molecule has 0 bridgehead atoms. The highest BCUT2D eigenvalue weighted by atomic mass is 127. The van der Waals surface area contributed by atoms with Crippen molar-refractivity contribution in [3.63, 3.8) is 0 Å². The number of nitro groups is 1. The second kappa shape index (κ2) is 9.60. The molecule has 0 spiro atoms. The summed E-state index contributed by atoms with van der Waals surface area (Å²) in [5, 5.41) is 16.8. The monoisotopic (exact) mass is 499 g/mol. The number of anilines is 1. The first-order valence-electron chi connectivity index (χ1n) is 8.17. The Morgan fingerprint density at radius 3 is 2.63 bits per heavy atom. The second-order valence-electron chi connectivity index (χ2n) is 5.44. The summed E-state index contributed by atoms with van der Waals surface area (Å²) in [7, 11) is 0. The highest BCUT2D eigenvalue weighted by molar-refractivity contribution is 14.1. The summed E-state index contributed by atoms with van der Waals surface area (Å²) in [5.74, 6) is -0.423. The van der Waals surface area contributed by atoms with Crippen LogP contribution < -0.4 is 15.4 Å². The maximum Gasteiger partial charge on any atom is 0.311 e. The maximum absolute atomic E-state index is 12.4. The second-order valence-corrected chi connectivity index (χ2v) is 7.09. The lowest BCUT2D eigenvalue weighted by molar-refractivity contribution is -0.385. The number of nitro benzene ring substituents is 1. The highest BCUT2D eigenvalue weighted by Gasteiger charge is 2.19. The van der Waals surface area contributed by atoms with Gasteiger partial charge in [0.05, 0.1) is 11.5 Å². The zero-order valence-corrected chi connectivity index (χ0v) is 17.7. The van der Waals surface area contributed by atoms with Crippen LogP contribution in [0.4, 0.5) is 11.4 Å². The van der Waals surface area contributed by atoms with E-state index in [0.29, 0.717) is 0 Å². The Bertz CT molecular complexity index is 889. The molecule has 7 nitrogen and oxygen atoms in total. The molecule has 0 saturated heterocycles. The molecule has 0 fully saturated rings. The van der Waals surface area contributed by atoms with E-state index in [-0.39, 0.29) is 28.7 Å². The molecule has 0 heterocycles. The Kier molecular flexibility index (Phi) is 7.48. The van der Waals surface area contributed by atoms with E-state index < -0.39 is 10.8 Å². The number of hydrogen-bond acceptors (Lipinski definition) is 5. The molecule has 142 valence electrons. The molecule has 0 aliphatic carbocycles. The van der Waals surface area contributed by atoms with E-state index in [0.717, 1.165) is 21.2 Å². The Morgan fingerprint density at radius 1 is 1.26 bits per heavy atom. The van der Waals surface area contributed by atoms with Crippen molar-refractivity contribution in [3.05, 3.63) is 61.2 Å². The lowest BCUT2D eigenvalue weighted by Gasteiger charge is -2.13. The molecular formula is C18H18IN3O4S. The molecular weight excluding hydrogens is 481 g/mol. The molecule has 1 amide bonds. The van der Waals surface area contributed by atoms with E-state index in [9.17, 15) is 14.9 Å².